The molecule has 7 N–H and O–H groups in total. The zero-order valence-corrected chi connectivity index (χ0v) is 13.3. The zero-order chi connectivity index (χ0) is 18.0. The largest absolute Gasteiger partial charge is 0.398 e. The summed E-state index contributed by atoms with van der Waals surface area (Å²) in [5, 5.41) is 7.69. The Morgan fingerprint density at radius 3 is 2.50 bits per heavy atom. The Labute approximate surface area is 139 Å². The van der Waals surface area contributed by atoms with E-state index in [1.807, 2.05) is 6.92 Å². The van der Waals surface area contributed by atoms with Gasteiger partial charge in [-0.15, -0.1) is 0 Å². The van der Waals surface area contributed by atoms with E-state index in [1.54, 1.807) is 12.1 Å². The summed E-state index contributed by atoms with van der Waals surface area (Å²) in [5.41, 5.74) is 20.8. The number of carbonyl (C=O) groups is 1. The van der Waals surface area contributed by atoms with Crippen LogP contribution < -0.4 is 17.2 Å². The molecule has 0 unspecified atom stereocenters. The smallest absolute Gasteiger partial charge is 0.269 e. The van der Waals surface area contributed by atoms with Crippen molar-refractivity contribution < 1.29 is 4.79 Å². The fourth-order valence-electron chi connectivity index (χ4n) is 2.58. The van der Waals surface area contributed by atoms with E-state index in [2.05, 4.69) is 23.3 Å². The molecule has 122 valence electrons. The number of anilines is 2. The quantitative estimate of drug-likeness (QED) is 0.494. The molecule has 0 bridgehead atoms. The molecular formula is C17H18N6O. The molecule has 1 aromatic heterocycles. The number of nitrogens with zero attached hydrogens (tertiary/aromatic N) is 2. The molecule has 0 fully saturated rings. The highest BCUT2D eigenvalue weighted by Crippen LogP contribution is 2.43. The standard InChI is InChI=1S/C17H18N6O/c1-4-11-15(22-3)13(14(20)16(23-11)17(21)24)12-8(2)5-6-10(19)9(12)7-18/h4-7,18H,1,3,19-20H2,2H3,(H2,21,24). The zero-order valence-electron chi connectivity index (χ0n) is 13.3. The number of aliphatic imine (C=N–C) groups is 1. The fraction of sp³-hybridized carbons (Fsp3) is 0.0588. The highest BCUT2D eigenvalue weighted by molar-refractivity contribution is 6.07. The van der Waals surface area contributed by atoms with Gasteiger partial charge in [-0.05, 0) is 36.9 Å². The second kappa shape index (κ2) is 6.33. The van der Waals surface area contributed by atoms with Gasteiger partial charge in [-0.2, -0.15) is 0 Å². The molecule has 7 nitrogen and oxygen atoms in total. The first-order valence-corrected chi connectivity index (χ1v) is 6.99. The van der Waals surface area contributed by atoms with E-state index in [0.717, 1.165) is 11.8 Å². The summed E-state index contributed by atoms with van der Waals surface area (Å²) >= 11 is 0. The lowest BCUT2D eigenvalue weighted by Crippen LogP contribution is -2.17. The average molecular weight is 322 g/mol. The normalized spacial score (nSPS) is 10.2. The van der Waals surface area contributed by atoms with Crippen LogP contribution in [0.4, 0.5) is 17.1 Å². The van der Waals surface area contributed by atoms with E-state index < -0.39 is 5.91 Å². The number of pyridine rings is 1. The average Bonchev–Trinajstić information content (AvgIpc) is 2.56. The molecule has 1 aromatic carbocycles. The number of aryl methyl sites for hydroxylation is 1. The van der Waals surface area contributed by atoms with Crippen LogP contribution in [0.2, 0.25) is 0 Å². The van der Waals surface area contributed by atoms with Crippen LogP contribution in [0.5, 0.6) is 0 Å². The molecule has 0 atom stereocenters. The van der Waals surface area contributed by atoms with E-state index in [0.29, 0.717) is 33.8 Å². The number of nitrogens with two attached hydrogens (primary N) is 3. The molecule has 1 amide bonds. The van der Waals surface area contributed by atoms with E-state index in [9.17, 15) is 4.79 Å². The first-order valence-electron chi connectivity index (χ1n) is 6.99. The Bertz CT molecular complexity index is 885. The van der Waals surface area contributed by atoms with Gasteiger partial charge in [-0.25, -0.2) is 4.98 Å². The molecule has 0 aliphatic heterocycles. The minimum Gasteiger partial charge on any atom is -0.398 e. The van der Waals surface area contributed by atoms with Gasteiger partial charge >= 0.3 is 0 Å². The van der Waals surface area contributed by atoms with Gasteiger partial charge in [-0.1, -0.05) is 12.6 Å². The van der Waals surface area contributed by atoms with Crippen molar-refractivity contribution in [2.75, 3.05) is 11.5 Å². The lowest BCUT2D eigenvalue weighted by Gasteiger charge is -2.18. The number of primary amides is 1. The molecule has 0 radical (unpaired) electrons. The highest BCUT2D eigenvalue weighted by Gasteiger charge is 2.23. The van der Waals surface area contributed by atoms with Crippen LogP contribution in [0.1, 0.15) is 27.3 Å². The number of nitrogens with one attached hydrogen (secondary N) is 1. The Morgan fingerprint density at radius 2 is 2.00 bits per heavy atom. The number of rotatable bonds is 5. The van der Waals surface area contributed by atoms with Gasteiger partial charge in [0.25, 0.3) is 5.91 Å². The van der Waals surface area contributed by atoms with Gasteiger partial charge in [0, 0.05) is 23.0 Å². The lowest BCUT2D eigenvalue weighted by molar-refractivity contribution is 0.0996. The van der Waals surface area contributed by atoms with Crippen molar-refractivity contribution in [2.24, 2.45) is 10.7 Å². The molecule has 1 heterocycles. The van der Waals surface area contributed by atoms with Crippen LogP contribution in [-0.2, 0) is 0 Å². The third kappa shape index (κ3) is 2.52. The first-order chi connectivity index (χ1) is 11.4. The second-order valence-corrected chi connectivity index (χ2v) is 5.11. The van der Waals surface area contributed by atoms with Gasteiger partial charge in [-0.3, -0.25) is 9.79 Å². The lowest BCUT2D eigenvalue weighted by atomic mass is 9.91. The van der Waals surface area contributed by atoms with Crippen LogP contribution in [0.15, 0.2) is 23.7 Å². The molecule has 0 saturated carbocycles. The Morgan fingerprint density at radius 1 is 1.33 bits per heavy atom. The fourth-order valence-corrected chi connectivity index (χ4v) is 2.58. The van der Waals surface area contributed by atoms with Gasteiger partial charge in [0.2, 0.25) is 0 Å². The molecule has 0 saturated heterocycles. The van der Waals surface area contributed by atoms with E-state index in [-0.39, 0.29) is 11.4 Å². The number of hydrogen-bond donors (Lipinski definition) is 4. The minimum atomic E-state index is -0.773. The molecule has 7 heteroatoms. The summed E-state index contributed by atoms with van der Waals surface area (Å²) in [6.45, 7) is 9.06. The first kappa shape index (κ1) is 16.9. The van der Waals surface area contributed by atoms with Crippen molar-refractivity contribution in [3.05, 3.63) is 41.2 Å². The Kier molecular flexibility index (Phi) is 4.45. The summed E-state index contributed by atoms with van der Waals surface area (Å²) in [7, 11) is 0. The number of nitrogen functional groups attached to an aromatic ring is 2. The number of amides is 1. The minimum absolute atomic E-state index is 0.0623. The summed E-state index contributed by atoms with van der Waals surface area (Å²) < 4.78 is 0. The van der Waals surface area contributed by atoms with Crippen molar-refractivity contribution in [3.8, 4) is 11.1 Å². The van der Waals surface area contributed by atoms with Crippen LogP contribution in [0.25, 0.3) is 17.2 Å². The number of hydrogen-bond acceptors (Lipinski definition) is 6. The van der Waals surface area contributed by atoms with Gasteiger partial charge < -0.3 is 22.6 Å². The molecule has 0 aliphatic carbocycles. The van der Waals surface area contributed by atoms with E-state index in [4.69, 9.17) is 22.6 Å². The predicted molar refractivity (Wildman–Crippen MR) is 98.9 cm³/mol. The number of benzene rings is 1. The topological polar surface area (TPSA) is 144 Å². The number of aromatic nitrogens is 1. The van der Waals surface area contributed by atoms with Gasteiger partial charge in [0.05, 0.1) is 17.1 Å². The maximum absolute atomic E-state index is 11.7. The summed E-state index contributed by atoms with van der Waals surface area (Å²) in [4.78, 5) is 19.8. The summed E-state index contributed by atoms with van der Waals surface area (Å²) in [6.07, 6.45) is 2.56. The molecule has 2 rings (SSSR count). The predicted octanol–water partition coefficient (Wildman–Crippen LogP) is 2.29. The van der Waals surface area contributed by atoms with Crippen molar-refractivity contribution in [1.29, 1.82) is 5.41 Å². The van der Waals surface area contributed by atoms with Crippen molar-refractivity contribution >= 4 is 42.0 Å². The molecular weight excluding hydrogens is 304 g/mol. The Hall–Kier alpha value is -3.48. The third-order valence-electron chi connectivity index (χ3n) is 3.70. The van der Waals surface area contributed by atoms with Crippen LogP contribution in [0.3, 0.4) is 0 Å². The molecule has 0 aliphatic rings. The SMILES string of the molecule is C=Cc1nc(C(N)=O)c(N)c(-c2c(C)ccc(N)c2C=N)c1N=C. The van der Waals surface area contributed by atoms with Gasteiger partial charge in [0.1, 0.15) is 0 Å². The van der Waals surface area contributed by atoms with E-state index in [1.165, 1.54) is 6.08 Å². The van der Waals surface area contributed by atoms with Crippen LogP contribution in [0, 0.1) is 12.3 Å². The Balaban J connectivity index is 3.10. The molecule has 0 spiro atoms. The van der Waals surface area contributed by atoms with Crippen molar-refractivity contribution in [1.82, 2.24) is 4.98 Å². The van der Waals surface area contributed by atoms with Crippen LogP contribution in [-0.4, -0.2) is 23.8 Å². The highest BCUT2D eigenvalue weighted by atomic mass is 16.1. The van der Waals surface area contributed by atoms with Gasteiger partial charge in [0.15, 0.2) is 5.69 Å². The second-order valence-electron chi connectivity index (χ2n) is 5.11. The molecule has 2 aromatic rings. The number of carbonyl (C=O) groups excluding carboxylic acids is 1. The summed E-state index contributed by atoms with van der Waals surface area (Å²) in [5.74, 6) is -0.773. The summed E-state index contributed by atoms with van der Waals surface area (Å²) in [6, 6.07) is 3.49. The third-order valence-corrected chi connectivity index (χ3v) is 3.70. The monoisotopic (exact) mass is 322 g/mol. The maximum atomic E-state index is 11.7. The molecule has 24 heavy (non-hydrogen) atoms. The van der Waals surface area contributed by atoms with E-state index >= 15 is 0 Å². The van der Waals surface area contributed by atoms with Crippen LogP contribution >= 0.6 is 0 Å². The maximum Gasteiger partial charge on any atom is 0.269 e. The van der Waals surface area contributed by atoms with Crippen molar-refractivity contribution in [2.45, 2.75) is 6.92 Å². The van der Waals surface area contributed by atoms with Crippen molar-refractivity contribution in [3.63, 3.8) is 0 Å².